The summed E-state index contributed by atoms with van der Waals surface area (Å²) >= 11 is 0. The number of aryl methyl sites for hydroxylation is 1. The summed E-state index contributed by atoms with van der Waals surface area (Å²) in [5.41, 5.74) is 2.38. The maximum Gasteiger partial charge on any atom is 0.215 e. The third-order valence-electron chi connectivity index (χ3n) is 2.37. The van der Waals surface area contributed by atoms with Gasteiger partial charge in [-0.25, -0.2) is 9.71 Å². The molecule has 2 aromatic carbocycles. The lowest BCUT2D eigenvalue weighted by atomic mass is 10.1. The first-order chi connectivity index (χ1) is 7.75. The van der Waals surface area contributed by atoms with Crippen LogP contribution < -0.4 is 5.32 Å². The summed E-state index contributed by atoms with van der Waals surface area (Å²) in [6.07, 6.45) is -1.29. The van der Waals surface area contributed by atoms with Gasteiger partial charge in [0, 0.05) is 5.56 Å². The summed E-state index contributed by atoms with van der Waals surface area (Å²) in [7, 11) is 0. The fourth-order valence-electron chi connectivity index (χ4n) is 1.44. The fraction of sp³-hybridized carbons (Fsp3) is 0.143. The van der Waals surface area contributed by atoms with Crippen molar-refractivity contribution in [3.63, 3.8) is 0 Å². The summed E-state index contributed by atoms with van der Waals surface area (Å²) in [6, 6.07) is 16.5. The molecule has 81 valence electrons. The molecular formula is C14H13FN. The lowest BCUT2D eigenvalue weighted by Crippen LogP contribution is -2.03. The third-order valence-corrected chi connectivity index (χ3v) is 2.37. The predicted octanol–water partition coefficient (Wildman–Crippen LogP) is 3.90. The highest BCUT2D eigenvalue weighted by Gasteiger charge is 2.10. The van der Waals surface area contributed by atoms with E-state index in [1.165, 1.54) is 0 Å². The van der Waals surface area contributed by atoms with E-state index in [4.69, 9.17) is 0 Å². The molecule has 2 rings (SSSR count). The van der Waals surface area contributed by atoms with Crippen LogP contribution in [0.25, 0.3) is 0 Å². The SMILES string of the molecule is Cc1ccc(C(F)[N]c2ccccc2)cc1. The number of benzene rings is 2. The first kappa shape index (κ1) is 10.7. The molecule has 2 aromatic rings. The van der Waals surface area contributed by atoms with Crippen LogP contribution in [0.4, 0.5) is 10.1 Å². The molecule has 0 aliphatic carbocycles. The molecule has 0 fully saturated rings. The Bertz CT molecular complexity index is 436. The minimum Gasteiger partial charge on any atom is -0.244 e. The van der Waals surface area contributed by atoms with Gasteiger partial charge in [0.2, 0.25) is 6.30 Å². The zero-order chi connectivity index (χ0) is 11.4. The monoisotopic (exact) mass is 214 g/mol. The molecule has 1 atom stereocenters. The molecule has 0 aliphatic heterocycles. The Morgan fingerprint density at radius 1 is 0.938 bits per heavy atom. The molecule has 1 radical (unpaired) electrons. The van der Waals surface area contributed by atoms with Gasteiger partial charge in [-0.3, -0.25) is 0 Å². The zero-order valence-corrected chi connectivity index (χ0v) is 9.10. The van der Waals surface area contributed by atoms with E-state index in [1.54, 1.807) is 24.3 Å². The summed E-state index contributed by atoms with van der Waals surface area (Å²) < 4.78 is 13.8. The van der Waals surface area contributed by atoms with Crippen molar-refractivity contribution in [3.05, 3.63) is 65.7 Å². The summed E-state index contributed by atoms with van der Waals surface area (Å²) in [5.74, 6) is 0. The average molecular weight is 214 g/mol. The molecule has 0 heterocycles. The molecule has 1 unspecified atom stereocenters. The van der Waals surface area contributed by atoms with Crippen molar-refractivity contribution >= 4 is 5.69 Å². The summed E-state index contributed by atoms with van der Waals surface area (Å²) in [6.45, 7) is 1.98. The molecule has 2 heteroatoms. The van der Waals surface area contributed by atoms with Crippen LogP contribution >= 0.6 is 0 Å². The van der Waals surface area contributed by atoms with Crippen LogP contribution in [0.15, 0.2) is 54.6 Å². The van der Waals surface area contributed by atoms with Crippen molar-refractivity contribution in [3.8, 4) is 0 Å². The van der Waals surface area contributed by atoms with Crippen LogP contribution in [0.3, 0.4) is 0 Å². The molecule has 0 saturated heterocycles. The van der Waals surface area contributed by atoms with Gasteiger partial charge >= 0.3 is 0 Å². The average Bonchev–Trinajstić information content (AvgIpc) is 2.31. The van der Waals surface area contributed by atoms with Gasteiger partial charge in [0.05, 0.1) is 5.69 Å². The topological polar surface area (TPSA) is 14.1 Å². The second-order valence-corrected chi connectivity index (χ2v) is 3.71. The quantitative estimate of drug-likeness (QED) is 0.688. The Labute approximate surface area is 94.9 Å². The number of hydrogen-bond donors (Lipinski definition) is 0. The molecule has 16 heavy (non-hydrogen) atoms. The molecule has 0 N–H and O–H groups in total. The van der Waals surface area contributed by atoms with E-state index in [1.807, 2.05) is 37.3 Å². The highest BCUT2D eigenvalue weighted by atomic mass is 19.1. The number of nitrogens with zero attached hydrogens (tertiary/aromatic N) is 1. The van der Waals surface area contributed by atoms with Crippen LogP contribution in [-0.2, 0) is 0 Å². The van der Waals surface area contributed by atoms with Crippen LogP contribution in [0.5, 0.6) is 0 Å². The molecule has 0 saturated carbocycles. The minimum atomic E-state index is -1.29. The van der Waals surface area contributed by atoms with Crippen molar-refractivity contribution in [2.75, 3.05) is 0 Å². The minimum absolute atomic E-state index is 0.592. The number of para-hydroxylation sites is 1. The van der Waals surface area contributed by atoms with E-state index in [0.717, 1.165) is 5.56 Å². The van der Waals surface area contributed by atoms with Gasteiger partial charge < -0.3 is 0 Å². The molecule has 0 amide bonds. The van der Waals surface area contributed by atoms with Crippen molar-refractivity contribution in [1.29, 1.82) is 0 Å². The van der Waals surface area contributed by atoms with Crippen LogP contribution in [0.1, 0.15) is 17.4 Å². The standard InChI is InChI=1S/C14H13FN/c1-11-7-9-12(10-8-11)14(15)16-13-5-3-2-4-6-13/h2-10,14H,1H3. The normalized spacial score (nSPS) is 12.1. The van der Waals surface area contributed by atoms with E-state index in [-0.39, 0.29) is 0 Å². The van der Waals surface area contributed by atoms with Crippen molar-refractivity contribution < 1.29 is 4.39 Å². The Kier molecular flexibility index (Phi) is 3.20. The van der Waals surface area contributed by atoms with Gasteiger partial charge in [-0.2, -0.15) is 0 Å². The van der Waals surface area contributed by atoms with Gasteiger partial charge in [-0.1, -0.05) is 48.0 Å². The smallest absolute Gasteiger partial charge is 0.215 e. The van der Waals surface area contributed by atoms with Crippen molar-refractivity contribution in [2.45, 2.75) is 13.2 Å². The molecule has 1 nitrogen and oxygen atoms in total. The lowest BCUT2D eigenvalue weighted by molar-refractivity contribution is 0.309. The van der Waals surface area contributed by atoms with E-state index in [2.05, 4.69) is 5.32 Å². The van der Waals surface area contributed by atoms with Gasteiger partial charge in [-0.05, 0) is 19.1 Å². The van der Waals surface area contributed by atoms with Crippen molar-refractivity contribution in [1.82, 2.24) is 5.32 Å². The first-order valence-electron chi connectivity index (χ1n) is 5.22. The van der Waals surface area contributed by atoms with Crippen LogP contribution in [0, 0.1) is 6.92 Å². The van der Waals surface area contributed by atoms with Gasteiger partial charge in [-0.15, -0.1) is 0 Å². The van der Waals surface area contributed by atoms with Crippen LogP contribution in [0.2, 0.25) is 0 Å². The zero-order valence-electron chi connectivity index (χ0n) is 9.10. The first-order valence-corrected chi connectivity index (χ1v) is 5.22. The van der Waals surface area contributed by atoms with E-state index in [0.29, 0.717) is 11.3 Å². The maximum atomic E-state index is 13.8. The maximum absolute atomic E-state index is 13.8. The van der Waals surface area contributed by atoms with E-state index in [9.17, 15) is 4.39 Å². The molecule has 0 aliphatic rings. The molecule has 0 bridgehead atoms. The molecule has 0 aromatic heterocycles. The van der Waals surface area contributed by atoms with Gasteiger partial charge in [0.15, 0.2) is 0 Å². The number of alkyl halides is 1. The molecular weight excluding hydrogens is 201 g/mol. The van der Waals surface area contributed by atoms with Gasteiger partial charge in [0.25, 0.3) is 0 Å². The highest BCUT2D eigenvalue weighted by molar-refractivity contribution is 5.36. The highest BCUT2D eigenvalue weighted by Crippen LogP contribution is 2.21. The van der Waals surface area contributed by atoms with Gasteiger partial charge in [0.1, 0.15) is 0 Å². The number of hydrogen-bond acceptors (Lipinski definition) is 0. The number of halogens is 1. The Balaban J connectivity index is 2.09. The summed E-state index contributed by atoms with van der Waals surface area (Å²) in [4.78, 5) is 0. The van der Waals surface area contributed by atoms with Crippen molar-refractivity contribution in [2.24, 2.45) is 0 Å². The fourth-order valence-corrected chi connectivity index (χ4v) is 1.44. The predicted molar refractivity (Wildman–Crippen MR) is 63.3 cm³/mol. The van der Waals surface area contributed by atoms with Crippen LogP contribution in [-0.4, -0.2) is 0 Å². The Morgan fingerprint density at radius 2 is 1.56 bits per heavy atom. The Morgan fingerprint density at radius 3 is 2.19 bits per heavy atom. The number of rotatable bonds is 3. The molecule has 0 spiro atoms. The largest absolute Gasteiger partial charge is 0.244 e. The second-order valence-electron chi connectivity index (χ2n) is 3.71. The second kappa shape index (κ2) is 4.79. The van der Waals surface area contributed by atoms with E-state index < -0.39 is 6.30 Å². The lowest BCUT2D eigenvalue weighted by Gasteiger charge is -2.09. The third kappa shape index (κ3) is 2.60. The van der Waals surface area contributed by atoms with E-state index >= 15 is 0 Å². The Hall–Kier alpha value is -1.83. The summed E-state index contributed by atoms with van der Waals surface area (Å²) in [5, 5.41) is 3.99.